The van der Waals surface area contributed by atoms with E-state index in [1.165, 1.54) is 11.1 Å². The molecule has 0 aliphatic heterocycles. The summed E-state index contributed by atoms with van der Waals surface area (Å²) < 4.78 is 29.2. The average molecular weight is 484 g/mol. The van der Waals surface area contributed by atoms with Crippen molar-refractivity contribution in [2.75, 3.05) is 4.72 Å². The fourth-order valence-electron chi connectivity index (χ4n) is 4.93. The third-order valence-corrected chi connectivity index (χ3v) is 8.34. The molecule has 0 bridgehead atoms. The maximum Gasteiger partial charge on any atom is 0.261 e. The molecule has 35 heavy (non-hydrogen) atoms. The number of rotatable bonds is 7. The molecule has 3 atom stereocenters. The molecule has 0 radical (unpaired) electrons. The molecule has 178 valence electrons. The predicted molar refractivity (Wildman–Crippen MR) is 140 cm³/mol. The highest BCUT2D eigenvalue weighted by Gasteiger charge is 2.55. The highest BCUT2D eigenvalue weighted by atomic mass is 32.2. The number of anilines is 1. The van der Waals surface area contributed by atoms with Gasteiger partial charge in [0, 0.05) is 11.5 Å². The maximum absolute atomic E-state index is 13.2. The summed E-state index contributed by atoms with van der Waals surface area (Å²) in [5.74, 6) is 0.0974. The zero-order valence-corrected chi connectivity index (χ0v) is 20.7. The molecule has 1 saturated carbocycles. The molecule has 5 rings (SSSR count). The van der Waals surface area contributed by atoms with E-state index in [1.807, 2.05) is 49.4 Å². The van der Waals surface area contributed by atoms with E-state index in [2.05, 4.69) is 35.9 Å². The molecule has 4 aromatic rings. The lowest BCUT2D eigenvalue weighted by Crippen LogP contribution is -2.32. The van der Waals surface area contributed by atoms with Gasteiger partial charge in [-0.1, -0.05) is 96.1 Å². The van der Waals surface area contributed by atoms with Gasteiger partial charge in [-0.15, -0.1) is 0 Å². The molecule has 4 aromatic carbocycles. The number of para-hydroxylation sites is 1. The molecule has 5 heteroatoms. The van der Waals surface area contributed by atoms with E-state index in [1.54, 1.807) is 36.4 Å². The van der Waals surface area contributed by atoms with E-state index in [9.17, 15) is 13.5 Å². The summed E-state index contributed by atoms with van der Waals surface area (Å²) in [4.78, 5) is 0.185. The predicted octanol–water partition coefficient (Wildman–Crippen LogP) is 6.14. The number of nitrogens with one attached hydrogen (secondary N) is 1. The lowest BCUT2D eigenvalue weighted by molar-refractivity contribution is 0.0549. The van der Waals surface area contributed by atoms with E-state index in [-0.39, 0.29) is 16.7 Å². The van der Waals surface area contributed by atoms with Gasteiger partial charge in [-0.2, -0.15) is 0 Å². The van der Waals surface area contributed by atoms with Crippen molar-refractivity contribution in [2.24, 2.45) is 5.92 Å². The minimum Gasteiger partial charge on any atom is -0.380 e. The minimum absolute atomic E-state index is 0.0855. The summed E-state index contributed by atoms with van der Waals surface area (Å²) in [6.07, 6.45) is 0.813. The smallest absolute Gasteiger partial charge is 0.261 e. The lowest BCUT2D eigenvalue weighted by atomic mass is 9.80. The van der Waals surface area contributed by atoms with Crippen molar-refractivity contribution < 1.29 is 13.5 Å². The SMILES string of the molecule is Cc1ccc(C2CC2C(O)(c2ccccc2)c2ccccc2NS(=O)(=O)c2ccc(C)cc2)cc1. The number of sulfonamides is 1. The first-order valence-electron chi connectivity index (χ1n) is 11.8. The van der Waals surface area contributed by atoms with Crippen molar-refractivity contribution in [3.63, 3.8) is 0 Å². The van der Waals surface area contributed by atoms with Crippen LogP contribution in [-0.2, 0) is 15.6 Å². The third kappa shape index (κ3) is 4.49. The molecule has 0 spiro atoms. The van der Waals surface area contributed by atoms with Gasteiger partial charge < -0.3 is 5.11 Å². The lowest BCUT2D eigenvalue weighted by Gasteiger charge is -2.32. The van der Waals surface area contributed by atoms with E-state index < -0.39 is 15.6 Å². The van der Waals surface area contributed by atoms with Gasteiger partial charge in [-0.3, -0.25) is 4.72 Å². The Morgan fingerprint density at radius 3 is 2.00 bits per heavy atom. The number of aryl methyl sites for hydroxylation is 2. The Morgan fingerprint density at radius 2 is 1.34 bits per heavy atom. The Bertz CT molecular complexity index is 1430. The highest BCUT2D eigenvalue weighted by molar-refractivity contribution is 7.92. The van der Waals surface area contributed by atoms with Crippen LogP contribution >= 0.6 is 0 Å². The topological polar surface area (TPSA) is 66.4 Å². The molecule has 2 N–H and O–H groups in total. The summed E-state index contributed by atoms with van der Waals surface area (Å²) in [5, 5.41) is 12.4. The first-order chi connectivity index (χ1) is 16.8. The number of hydrogen-bond acceptors (Lipinski definition) is 3. The number of aliphatic hydroxyl groups is 1. The highest BCUT2D eigenvalue weighted by Crippen LogP contribution is 2.60. The van der Waals surface area contributed by atoms with Crippen molar-refractivity contribution in [2.45, 2.75) is 36.7 Å². The van der Waals surface area contributed by atoms with Gasteiger partial charge in [-0.25, -0.2) is 8.42 Å². The fraction of sp³-hybridized carbons (Fsp3) is 0.200. The van der Waals surface area contributed by atoms with Crippen LogP contribution in [0, 0.1) is 19.8 Å². The van der Waals surface area contributed by atoms with Crippen molar-refractivity contribution in [1.82, 2.24) is 0 Å². The summed E-state index contributed by atoms with van der Waals surface area (Å²) >= 11 is 0. The summed E-state index contributed by atoms with van der Waals surface area (Å²) in [6.45, 7) is 3.98. The van der Waals surface area contributed by atoms with E-state index >= 15 is 0 Å². The summed E-state index contributed by atoms with van der Waals surface area (Å²) in [7, 11) is -3.83. The van der Waals surface area contributed by atoms with Crippen LogP contribution in [0.15, 0.2) is 108 Å². The molecule has 1 aliphatic carbocycles. The Morgan fingerprint density at radius 1 is 0.771 bits per heavy atom. The minimum atomic E-state index is -3.83. The van der Waals surface area contributed by atoms with Crippen molar-refractivity contribution in [1.29, 1.82) is 0 Å². The van der Waals surface area contributed by atoms with Gasteiger partial charge >= 0.3 is 0 Å². The van der Waals surface area contributed by atoms with Crippen LogP contribution < -0.4 is 4.72 Å². The van der Waals surface area contributed by atoms with Crippen LogP contribution in [-0.4, -0.2) is 13.5 Å². The maximum atomic E-state index is 13.2. The van der Waals surface area contributed by atoms with E-state index in [4.69, 9.17) is 0 Å². The van der Waals surface area contributed by atoms with Crippen LogP contribution in [0.4, 0.5) is 5.69 Å². The van der Waals surface area contributed by atoms with Gasteiger partial charge in [0.2, 0.25) is 0 Å². The molecule has 3 unspecified atom stereocenters. The Labute approximate surface area is 207 Å². The molecule has 0 amide bonds. The molecule has 0 heterocycles. The Balaban J connectivity index is 1.57. The molecule has 1 fully saturated rings. The van der Waals surface area contributed by atoms with Gasteiger partial charge in [0.1, 0.15) is 5.60 Å². The second kappa shape index (κ2) is 8.99. The van der Waals surface area contributed by atoms with Crippen LogP contribution in [0.25, 0.3) is 0 Å². The Kier molecular flexibility index (Phi) is 5.99. The summed E-state index contributed by atoms with van der Waals surface area (Å²) in [6, 6.07) is 31.9. The molecular weight excluding hydrogens is 454 g/mol. The third-order valence-electron chi connectivity index (χ3n) is 6.96. The molecular formula is C30H29NO3S. The normalized spacial score (nSPS) is 19.1. The quantitative estimate of drug-likeness (QED) is 0.332. The molecule has 1 aliphatic rings. The van der Waals surface area contributed by atoms with Crippen LogP contribution in [0.3, 0.4) is 0 Å². The number of benzene rings is 4. The monoisotopic (exact) mass is 483 g/mol. The Hall–Kier alpha value is -3.41. The molecule has 0 saturated heterocycles. The molecule has 0 aromatic heterocycles. The van der Waals surface area contributed by atoms with E-state index in [0.29, 0.717) is 11.3 Å². The largest absolute Gasteiger partial charge is 0.380 e. The van der Waals surface area contributed by atoms with Crippen LogP contribution in [0.5, 0.6) is 0 Å². The van der Waals surface area contributed by atoms with Crippen molar-refractivity contribution in [3.8, 4) is 0 Å². The van der Waals surface area contributed by atoms with Crippen molar-refractivity contribution >= 4 is 15.7 Å². The standard InChI is InChI=1S/C30H29NO3S/c1-21-12-16-23(17-13-21)26-20-28(26)30(32,24-8-4-3-5-9-24)27-10-6-7-11-29(27)31-35(33,34)25-18-14-22(2)15-19-25/h3-19,26,28,31-32H,20H2,1-2H3. The molecule has 4 nitrogen and oxygen atoms in total. The van der Waals surface area contributed by atoms with E-state index in [0.717, 1.165) is 17.5 Å². The summed E-state index contributed by atoms with van der Waals surface area (Å²) in [5.41, 5.74) is 3.70. The fourth-order valence-corrected chi connectivity index (χ4v) is 6.01. The second-order valence-corrected chi connectivity index (χ2v) is 11.1. The average Bonchev–Trinajstić information content (AvgIpc) is 3.66. The first kappa shape index (κ1) is 23.3. The van der Waals surface area contributed by atoms with Crippen LogP contribution in [0.1, 0.15) is 40.2 Å². The zero-order valence-electron chi connectivity index (χ0n) is 19.8. The van der Waals surface area contributed by atoms with Gasteiger partial charge in [0.05, 0.1) is 10.6 Å². The number of hydrogen-bond donors (Lipinski definition) is 2. The van der Waals surface area contributed by atoms with Gasteiger partial charge in [-0.05, 0) is 55.5 Å². The zero-order chi connectivity index (χ0) is 24.6. The second-order valence-electron chi connectivity index (χ2n) is 9.46. The van der Waals surface area contributed by atoms with Crippen LogP contribution in [0.2, 0.25) is 0 Å². The van der Waals surface area contributed by atoms with Gasteiger partial charge in [0.15, 0.2) is 0 Å². The first-order valence-corrected chi connectivity index (χ1v) is 13.3. The van der Waals surface area contributed by atoms with Crippen molar-refractivity contribution in [3.05, 3.63) is 131 Å². The van der Waals surface area contributed by atoms with Gasteiger partial charge in [0.25, 0.3) is 10.0 Å².